The van der Waals surface area contributed by atoms with E-state index in [4.69, 9.17) is 0 Å². The number of hydrogen-bond acceptors (Lipinski definition) is 2. The zero-order valence-electron chi connectivity index (χ0n) is 14.8. The van der Waals surface area contributed by atoms with Gasteiger partial charge in [0.25, 0.3) is 0 Å². The van der Waals surface area contributed by atoms with Crippen LogP contribution in [0.1, 0.15) is 67.2 Å². The number of rotatable bonds is 8. The zero-order valence-corrected chi connectivity index (χ0v) is 14.8. The van der Waals surface area contributed by atoms with Gasteiger partial charge in [0, 0.05) is 31.7 Å². The summed E-state index contributed by atoms with van der Waals surface area (Å²) in [5, 5.41) is 3.83. The van der Waals surface area contributed by atoms with Crippen molar-refractivity contribution in [1.82, 2.24) is 10.2 Å². The third kappa shape index (κ3) is 5.04. The fourth-order valence-corrected chi connectivity index (χ4v) is 3.55. The first kappa shape index (κ1) is 18.0. The highest BCUT2D eigenvalue weighted by Gasteiger charge is 2.32. The summed E-state index contributed by atoms with van der Waals surface area (Å²) in [4.78, 5) is 2.81. The van der Waals surface area contributed by atoms with Crippen molar-refractivity contribution in [2.75, 3.05) is 19.6 Å². The van der Waals surface area contributed by atoms with Crippen LogP contribution in [0.25, 0.3) is 0 Å². The van der Waals surface area contributed by atoms with Crippen molar-refractivity contribution in [3.8, 4) is 0 Å². The lowest BCUT2D eigenvalue weighted by Gasteiger charge is -2.45. The van der Waals surface area contributed by atoms with Gasteiger partial charge in [-0.05, 0) is 24.2 Å². The van der Waals surface area contributed by atoms with E-state index >= 15 is 0 Å². The lowest BCUT2D eigenvalue weighted by atomic mass is 9.89. The third-order valence-corrected chi connectivity index (χ3v) is 5.45. The molecule has 0 saturated carbocycles. The maximum atomic E-state index is 3.83. The molecule has 1 saturated heterocycles. The summed E-state index contributed by atoms with van der Waals surface area (Å²) >= 11 is 0. The molecule has 1 aliphatic rings. The fraction of sp³-hybridized carbons (Fsp3) is 1.00. The number of nitrogens with one attached hydrogen (secondary N) is 1. The molecule has 1 aliphatic heterocycles. The molecule has 0 amide bonds. The number of piperazine rings is 1. The molecule has 0 aromatic rings. The van der Waals surface area contributed by atoms with Crippen LogP contribution in [-0.2, 0) is 0 Å². The van der Waals surface area contributed by atoms with Crippen molar-refractivity contribution in [2.24, 2.45) is 17.8 Å². The SMILES string of the molecule is CCCC(C)CN1CC(C(C)CC)NCC1C(C)CC. The first-order valence-electron chi connectivity index (χ1n) is 9.00. The molecule has 2 heteroatoms. The summed E-state index contributed by atoms with van der Waals surface area (Å²) in [6.45, 7) is 17.9. The summed E-state index contributed by atoms with van der Waals surface area (Å²) < 4.78 is 0. The summed E-state index contributed by atoms with van der Waals surface area (Å²) in [7, 11) is 0. The zero-order chi connectivity index (χ0) is 15.1. The lowest BCUT2D eigenvalue weighted by Crippen LogP contribution is -2.60. The molecule has 0 spiro atoms. The molecule has 5 atom stereocenters. The van der Waals surface area contributed by atoms with E-state index in [9.17, 15) is 0 Å². The van der Waals surface area contributed by atoms with E-state index in [-0.39, 0.29) is 0 Å². The minimum atomic E-state index is 0.689. The molecule has 2 nitrogen and oxygen atoms in total. The second kappa shape index (κ2) is 9.04. The molecule has 0 aromatic heterocycles. The quantitative estimate of drug-likeness (QED) is 0.719. The van der Waals surface area contributed by atoms with E-state index in [0.29, 0.717) is 6.04 Å². The van der Waals surface area contributed by atoms with Gasteiger partial charge in [-0.25, -0.2) is 0 Å². The van der Waals surface area contributed by atoms with Gasteiger partial charge >= 0.3 is 0 Å². The molecule has 0 aromatic carbocycles. The Morgan fingerprint density at radius 1 is 1.05 bits per heavy atom. The summed E-state index contributed by atoms with van der Waals surface area (Å²) in [6.07, 6.45) is 5.25. The monoisotopic (exact) mass is 282 g/mol. The van der Waals surface area contributed by atoms with Gasteiger partial charge in [0.15, 0.2) is 0 Å². The van der Waals surface area contributed by atoms with Crippen molar-refractivity contribution in [2.45, 2.75) is 79.3 Å². The summed E-state index contributed by atoms with van der Waals surface area (Å²) in [5.41, 5.74) is 0. The van der Waals surface area contributed by atoms with Gasteiger partial charge in [0.05, 0.1) is 0 Å². The van der Waals surface area contributed by atoms with Gasteiger partial charge in [0.2, 0.25) is 0 Å². The van der Waals surface area contributed by atoms with Crippen LogP contribution < -0.4 is 5.32 Å². The average molecular weight is 283 g/mol. The Labute approximate surface area is 127 Å². The standard InChI is InChI=1S/C18H38N2/c1-7-10-14(4)12-20-13-17(15(5)8-2)19-11-18(20)16(6)9-3/h14-19H,7-13H2,1-6H3. The Kier molecular flexibility index (Phi) is 8.13. The smallest absolute Gasteiger partial charge is 0.0247 e. The molecule has 1 rings (SSSR count). The Morgan fingerprint density at radius 2 is 1.70 bits per heavy atom. The van der Waals surface area contributed by atoms with Gasteiger partial charge in [-0.2, -0.15) is 0 Å². The Hall–Kier alpha value is -0.0800. The summed E-state index contributed by atoms with van der Waals surface area (Å²) in [5.74, 6) is 2.42. The highest BCUT2D eigenvalue weighted by molar-refractivity contribution is 4.90. The second-order valence-electron chi connectivity index (χ2n) is 7.20. The molecule has 0 radical (unpaired) electrons. The van der Waals surface area contributed by atoms with Gasteiger partial charge in [-0.3, -0.25) is 4.90 Å². The van der Waals surface area contributed by atoms with E-state index in [1.165, 1.54) is 45.3 Å². The van der Waals surface area contributed by atoms with E-state index in [2.05, 4.69) is 51.8 Å². The van der Waals surface area contributed by atoms with E-state index in [1.807, 2.05) is 0 Å². The largest absolute Gasteiger partial charge is 0.311 e. The van der Waals surface area contributed by atoms with Gasteiger partial charge in [-0.15, -0.1) is 0 Å². The fourth-order valence-electron chi connectivity index (χ4n) is 3.55. The lowest BCUT2D eigenvalue weighted by molar-refractivity contribution is 0.0626. The van der Waals surface area contributed by atoms with E-state index < -0.39 is 0 Å². The highest BCUT2D eigenvalue weighted by atomic mass is 15.2. The van der Waals surface area contributed by atoms with Gasteiger partial charge in [0.1, 0.15) is 0 Å². The minimum Gasteiger partial charge on any atom is -0.311 e. The van der Waals surface area contributed by atoms with E-state index in [0.717, 1.165) is 23.8 Å². The maximum Gasteiger partial charge on any atom is 0.0247 e. The molecule has 120 valence electrons. The third-order valence-electron chi connectivity index (χ3n) is 5.45. The molecule has 0 aliphatic carbocycles. The molecule has 0 bridgehead atoms. The van der Waals surface area contributed by atoms with Crippen LogP contribution in [0.15, 0.2) is 0 Å². The number of nitrogens with zero attached hydrogens (tertiary/aromatic N) is 1. The molecule has 1 heterocycles. The van der Waals surface area contributed by atoms with Crippen molar-refractivity contribution in [1.29, 1.82) is 0 Å². The van der Waals surface area contributed by atoms with Crippen LogP contribution in [0.5, 0.6) is 0 Å². The molecule has 1 fully saturated rings. The topological polar surface area (TPSA) is 15.3 Å². The van der Waals surface area contributed by atoms with E-state index in [1.54, 1.807) is 0 Å². The average Bonchev–Trinajstić information content (AvgIpc) is 2.45. The molecular weight excluding hydrogens is 244 g/mol. The van der Waals surface area contributed by atoms with Crippen LogP contribution in [0.4, 0.5) is 0 Å². The van der Waals surface area contributed by atoms with Crippen LogP contribution in [0.3, 0.4) is 0 Å². The van der Waals surface area contributed by atoms with Gasteiger partial charge < -0.3 is 5.32 Å². The van der Waals surface area contributed by atoms with Crippen molar-refractivity contribution in [3.05, 3.63) is 0 Å². The molecule has 1 N–H and O–H groups in total. The summed E-state index contributed by atoms with van der Waals surface area (Å²) in [6, 6.07) is 1.42. The molecule has 20 heavy (non-hydrogen) atoms. The highest BCUT2D eigenvalue weighted by Crippen LogP contribution is 2.23. The predicted octanol–water partition coefficient (Wildman–Crippen LogP) is 4.16. The van der Waals surface area contributed by atoms with Gasteiger partial charge in [-0.1, -0.05) is 60.8 Å². The maximum absolute atomic E-state index is 3.83. The van der Waals surface area contributed by atoms with Crippen LogP contribution in [0.2, 0.25) is 0 Å². The van der Waals surface area contributed by atoms with Crippen LogP contribution >= 0.6 is 0 Å². The Bertz CT molecular complexity index is 254. The predicted molar refractivity (Wildman–Crippen MR) is 90.1 cm³/mol. The minimum absolute atomic E-state index is 0.689. The normalized spacial score (nSPS) is 29.1. The Morgan fingerprint density at radius 3 is 2.25 bits per heavy atom. The Balaban J connectivity index is 2.67. The number of hydrogen-bond donors (Lipinski definition) is 1. The molecule has 5 unspecified atom stereocenters. The molecular formula is C18H38N2. The van der Waals surface area contributed by atoms with Crippen molar-refractivity contribution >= 4 is 0 Å². The first-order chi connectivity index (χ1) is 9.53. The van der Waals surface area contributed by atoms with Crippen molar-refractivity contribution < 1.29 is 0 Å². The second-order valence-corrected chi connectivity index (χ2v) is 7.20. The first-order valence-corrected chi connectivity index (χ1v) is 9.00. The van der Waals surface area contributed by atoms with Crippen LogP contribution in [0, 0.1) is 17.8 Å². The van der Waals surface area contributed by atoms with Crippen molar-refractivity contribution in [3.63, 3.8) is 0 Å². The van der Waals surface area contributed by atoms with Crippen LogP contribution in [-0.4, -0.2) is 36.6 Å².